The molecule has 2 aromatic heterocycles. The van der Waals surface area contributed by atoms with E-state index in [-0.39, 0.29) is 12.1 Å². The molecule has 0 aromatic carbocycles. The lowest BCUT2D eigenvalue weighted by atomic mass is 10.1. The minimum absolute atomic E-state index is 0.0514. The summed E-state index contributed by atoms with van der Waals surface area (Å²) in [6.07, 6.45) is 4.12. The minimum atomic E-state index is -0.155. The standard InChI is InChI=1S/C13H14Br2N2OS/c1-2-11(16)13(12-4-9(15)7-19-12)18-10-3-8(14)5-17-6-10/h3-7,11,13H,2,16H2,1H3. The molecule has 102 valence electrons. The molecule has 0 spiro atoms. The van der Waals surface area contributed by atoms with Gasteiger partial charge in [0.25, 0.3) is 0 Å². The molecule has 0 aliphatic heterocycles. The van der Waals surface area contributed by atoms with Crippen molar-refractivity contribution in [2.75, 3.05) is 0 Å². The Morgan fingerprint density at radius 2 is 2.11 bits per heavy atom. The van der Waals surface area contributed by atoms with Gasteiger partial charge in [0.2, 0.25) is 0 Å². The van der Waals surface area contributed by atoms with Crippen LogP contribution in [0.3, 0.4) is 0 Å². The molecule has 2 N–H and O–H groups in total. The van der Waals surface area contributed by atoms with E-state index in [0.717, 1.165) is 20.2 Å². The van der Waals surface area contributed by atoms with Gasteiger partial charge < -0.3 is 10.5 Å². The van der Waals surface area contributed by atoms with Gasteiger partial charge in [0, 0.05) is 31.4 Å². The lowest BCUT2D eigenvalue weighted by molar-refractivity contribution is 0.174. The molecule has 0 saturated carbocycles. The third-order valence-corrected chi connectivity index (χ3v) is 4.86. The van der Waals surface area contributed by atoms with Gasteiger partial charge in [-0.05, 0) is 50.4 Å². The Labute approximate surface area is 133 Å². The monoisotopic (exact) mass is 404 g/mol. The first kappa shape index (κ1) is 15.0. The van der Waals surface area contributed by atoms with Crippen molar-refractivity contribution in [3.8, 4) is 5.75 Å². The quantitative estimate of drug-likeness (QED) is 0.794. The van der Waals surface area contributed by atoms with Gasteiger partial charge in [0.15, 0.2) is 0 Å². The zero-order chi connectivity index (χ0) is 13.8. The normalized spacial score (nSPS) is 14.1. The summed E-state index contributed by atoms with van der Waals surface area (Å²) in [7, 11) is 0. The molecule has 2 heterocycles. The van der Waals surface area contributed by atoms with Crippen LogP contribution in [0.1, 0.15) is 24.3 Å². The van der Waals surface area contributed by atoms with Gasteiger partial charge in [-0.2, -0.15) is 0 Å². The molecule has 3 nitrogen and oxygen atoms in total. The topological polar surface area (TPSA) is 48.1 Å². The molecule has 0 saturated heterocycles. The number of nitrogens with two attached hydrogens (primary N) is 1. The Balaban J connectivity index is 2.24. The highest BCUT2D eigenvalue weighted by atomic mass is 79.9. The zero-order valence-corrected chi connectivity index (χ0v) is 14.3. The largest absolute Gasteiger partial charge is 0.482 e. The van der Waals surface area contributed by atoms with Crippen LogP contribution in [0, 0.1) is 0 Å². The predicted octanol–water partition coefficient (Wildman–Crippen LogP) is 4.53. The summed E-state index contributed by atoms with van der Waals surface area (Å²) in [6, 6.07) is 3.89. The first-order chi connectivity index (χ1) is 9.10. The summed E-state index contributed by atoms with van der Waals surface area (Å²) in [6.45, 7) is 2.06. The summed E-state index contributed by atoms with van der Waals surface area (Å²) >= 11 is 8.49. The fraction of sp³-hybridized carbons (Fsp3) is 0.308. The van der Waals surface area contributed by atoms with Crippen molar-refractivity contribution >= 4 is 43.2 Å². The van der Waals surface area contributed by atoms with E-state index in [2.05, 4.69) is 49.8 Å². The Kier molecular flexibility index (Phi) is 5.38. The SMILES string of the molecule is CCC(N)C(Oc1cncc(Br)c1)c1cc(Br)cs1. The van der Waals surface area contributed by atoms with Crippen molar-refractivity contribution in [3.05, 3.63) is 43.7 Å². The predicted molar refractivity (Wildman–Crippen MR) is 85.6 cm³/mol. The number of hydrogen-bond donors (Lipinski definition) is 1. The molecule has 19 heavy (non-hydrogen) atoms. The van der Waals surface area contributed by atoms with Crippen LogP contribution in [0.2, 0.25) is 0 Å². The second-order valence-electron chi connectivity index (χ2n) is 4.12. The molecule has 0 fully saturated rings. The smallest absolute Gasteiger partial charge is 0.148 e. The van der Waals surface area contributed by atoms with Crippen molar-refractivity contribution in [1.82, 2.24) is 4.98 Å². The lowest BCUT2D eigenvalue weighted by Gasteiger charge is -2.23. The first-order valence-electron chi connectivity index (χ1n) is 5.87. The van der Waals surface area contributed by atoms with E-state index in [1.54, 1.807) is 23.7 Å². The van der Waals surface area contributed by atoms with E-state index in [4.69, 9.17) is 10.5 Å². The van der Waals surface area contributed by atoms with E-state index in [1.165, 1.54) is 0 Å². The molecule has 0 bridgehead atoms. The molecule has 2 unspecified atom stereocenters. The number of pyridine rings is 1. The zero-order valence-electron chi connectivity index (χ0n) is 10.3. The van der Waals surface area contributed by atoms with Crippen molar-refractivity contribution < 1.29 is 4.74 Å². The van der Waals surface area contributed by atoms with E-state index in [1.807, 2.05) is 11.4 Å². The van der Waals surface area contributed by atoms with Crippen molar-refractivity contribution in [2.45, 2.75) is 25.5 Å². The van der Waals surface area contributed by atoms with Gasteiger partial charge in [-0.15, -0.1) is 11.3 Å². The highest BCUT2D eigenvalue weighted by Crippen LogP contribution is 2.32. The third-order valence-electron chi connectivity index (χ3n) is 2.67. The molecule has 2 atom stereocenters. The molecular formula is C13H14Br2N2OS. The first-order valence-corrected chi connectivity index (χ1v) is 8.33. The van der Waals surface area contributed by atoms with E-state index >= 15 is 0 Å². The summed E-state index contributed by atoms with van der Waals surface area (Å²) < 4.78 is 7.96. The van der Waals surface area contributed by atoms with Crippen molar-refractivity contribution in [3.63, 3.8) is 0 Å². The van der Waals surface area contributed by atoms with Crippen LogP contribution < -0.4 is 10.5 Å². The second kappa shape index (κ2) is 6.83. The summed E-state index contributed by atoms with van der Waals surface area (Å²) in [5.74, 6) is 0.716. The van der Waals surface area contributed by atoms with E-state index in [9.17, 15) is 0 Å². The molecule has 2 rings (SSSR count). The van der Waals surface area contributed by atoms with E-state index < -0.39 is 0 Å². The Morgan fingerprint density at radius 1 is 1.32 bits per heavy atom. The van der Waals surface area contributed by atoms with Crippen LogP contribution in [-0.2, 0) is 0 Å². The third kappa shape index (κ3) is 4.02. The lowest BCUT2D eigenvalue weighted by Crippen LogP contribution is -2.30. The van der Waals surface area contributed by atoms with Crippen LogP contribution in [0.15, 0.2) is 38.9 Å². The maximum atomic E-state index is 6.18. The Bertz CT molecular complexity index is 547. The number of ether oxygens (including phenoxy) is 1. The number of halogens is 2. The van der Waals surface area contributed by atoms with Crippen LogP contribution >= 0.6 is 43.2 Å². The maximum Gasteiger partial charge on any atom is 0.148 e. The van der Waals surface area contributed by atoms with Crippen LogP contribution in [0.5, 0.6) is 5.75 Å². The van der Waals surface area contributed by atoms with E-state index in [0.29, 0.717) is 5.75 Å². The molecule has 0 amide bonds. The van der Waals surface area contributed by atoms with Crippen molar-refractivity contribution in [2.24, 2.45) is 5.73 Å². The van der Waals surface area contributed by atoms with Gasteiger partial charge >= 0.3 is 0 Å². The van der Waals surface area contributed by atoms with Crippen molar-refractivity contribution in [1.29, 1.82) is 0 Å². The average molecular weight is 406 g/mol. The molecular weight excluding hydrogens is 392 g/mol. The Morgan fingerprint density at radius 3 is 2.68 bits per heavy atom. The number of aromatic nitrogens is 1. The van der Waals surface area contributed by atoms with Gasteiger partial charge in [0.1, 0.15) is 11.9 Å². The molecule has 0 aliphatic rings. The number of nitrogens with zero attached hydrogens (tertiary/aromatic N) is 1. The van der Waals surface area contributed by atoms with Crippen LogP contribution in [0.4, 0.5) is 0 Å². The average Bonchev–Trinajstić information content (AvgIpc) is 2.81. The number of thiophene rings is 1. The number of hydrogen-bond acceptors (Lipinski definition) is 4. The minimum Gasteiger partial charge on any atom is -0.482 e. The highest BCUT2D eigenvalue weighted by molar-refractivity contribution is 9.10. The highest BCUT2D eigenvalue weighted by Gasteiger charge is 2.22. The second-order valence-corrected chi connectivity index (χ2v) is 6.89. The van der Waals surface area contributed by atoms with Gasteiger partial charge in [0.05, 0.1) is 6.20 Å². The molecule has 0 aliphatic carbocycles. The Hall–Kier alpha value is -0.430. The maximum absolute atomic E-state index is 6.18. The summed E-state index contributed by atoms with van der Waals surface area (Å²) in [5.41, 5.74) is 6.18. The van der Waals surface area contributed by atoms with Crippen LogP contribution in [-0.4, -0.2) is 11.0 Å². The molecule has 2 aromatic rings. The summed E-state index contributed by atoms with van der Waals surface area (Å²) in [4.78, 5) is 5.21. The van der Waals surface area contributed by atoms with Gasteiger partial charge in [-0.1, -0.05) is 6.92 Å². The van der Waals surface area contributed by atoms with Gasteiger partial charge in [-0.25, -0.2) is 0 Å². The fourth-order valence-electron chi connectivity index (χ4n) is 1.65. The van der Waals surface area contributed by atoms with Crippen LogP contribution in [0.25, 0.3) is 0 Å². The summed E-state index contributed by atoms with van der Waals surface area (Å²) in [5, 5.41) is 2.03. The molecule has 0 radical (unpaired) electrons. The van der Waals surface area contributed by atoms with Gasteiger partial charge in [-0.3, -0.25) is 4.98 Å². The number of rotatable bonds is 5. The fourth-order valence-corrected chi connectivity index (χ4v) is 3.54. The molecule has 6 heteroatoms.